The maximum atomic E-state index is 5.25. The van der Waals surface area contributed by atoms with Crippen LogP contribution in [0.4, 0.5) is 0 Å². The molecule has 4 heteroatoms. The maximum absolute atomic E-state index is 5.25. The van der Waals surface area contributed by atoms with Gasteiger partial charge < -0.3 is 10.2 Å². The quantitative estimate of drug-likeness (QED) is 0.716. The molecule has 1 fully saturated rings. The molecule has 0 aromatic rings. The minimum absolute atomic E-state index is 0.319. The average molecular weight is 219 g/mol. The summed E-state index contributed by atoms with van der Waals surface area (Å²) in [6, 6.07) is 0. The summed E-state index contributed by atoms with van der Waals surface area (Å²) in [6.07, 6.45) is 2.49. The number of oxime groups is 1. The Morgan fingerprint density at radius 2 is 2.55 bits per heavy atom. The number of nitrogens with zero attached hydrogens (tertiary/aromatic N) is 1. The van der Waals surface area contributed by atoms with Gasteiger partial charge in [-0.1, -0.05) is 5.16 Å². The number of nitrogens with one attached hydrogen (secondary N) is 1. The predicted molar refractivity (Wildman–Crippen MR) is 46.8 cm³/mol. The van der Waals surface area contributed by atoms with E-state index < -0.39 is 0 Å². The first-order valence-corrected chi connectivity index (χ1v) is 4.74. The van der Waals surface area contributed by atoms with Crippen molar-refractivity contribution in [3.05, 3.63) is 0 Å². The largest absolute Gasteiger partial charge is 0.391 e. The maximum Gasteiger partial charge on any atom is 0.137 e. The van der Waals surface area contributed by atoms with Crippen molar-refractivity contribution in [3.8, 4) is 0 Å². The lowest BCUT2D eigenvalue weighted by Gasteiger charge is -2.13. The van der Waals surface area contributed by atoms with E-state index >= 15 is 0 Å². The Balaban J connectivity index is 1.88. The molecule has 1 unspecified atom stereocenters. The molecule has 2 rings (SSSR count). The first-order valence-electron chi connectivity index (χ1n) is 3.95. The van der Waals surface area contributed by atoms with E-state index in [1.807, 2.05) is 0 Å². The van der Waals surface area contributed by atoms with E-state index in [-0.39, 0.29) is 0 Å². The molecule has 0 aromatic carbocycles. The van der Waals surface area contributed by atoms with Crippen molar-refractivity contribution in [3.63, 3.8) is 0 Å². The van der Waals surface area contributed by atoms with Crippen molar-refractivity contribution < 1.29 is 4.84 Å². The average Bonchev–Trinajstić information content (AvgIpc) is 2.55. The molecule has 2 aliphatic heterocycles. The van der Waals surface area contributed by atoms with Crippen LogP contribution in [-0.4, -0.2) is 23.8 Å². The molecule has 0 bridgehead atoms. The Labute approximate surface area is 74.3 Å². The Bertz CT molecular complexity index is 177. The molecule has 3 nitrogen and oxygen atoms in total. The van der Waals surface area contributed by atoms with Crippen LogP contribution < -0.4 is 5.32 Å². The molecule has 1 saturated heterocycles. The standard InChI is InChI=1S/C7H11BrN2O/c8-7-3-6(11-10-7)5-1-2-9-4-5/h5-6,9H,1-4H2/t5-,6?/m1/s1. The van der Waals surface area contributed by atoms with E-state index in [1.54, 1.807) is 0 Å². The second-order valence-electron chi connectivity index (χ2n) is 3.07. The predicted octanol–water partition coefficient (Wildman–Crippen LogP) is 1.09. The Morgan fingerprint density at radius 1 is 1.64 bits per heavy atom. The summed E-state index contributed by atoms with van der Waals surface area (Å²) in [5.41, 5.74) is 0. The number of halogens is 1. The fourth-order valence-electron chi connectivity index (χ4n) is 1.61. The van der Waals surface area contributed by atoms with Crippen molar-refractivity contribution in [1.29, 1.82) is 0 Å². The molecular formula is C7H11BrN2O. The number of rotatable bonds is 1. The van der Waals surface area contributed by atoms with Crippen LogP contribution in [0.1, 0.15) is 12.8 Å². The van der Waals surface area contributed by atoms with Gasteiger partial charge in [-0.2, -0.15) is 0 Å². The van der Waals surface area contributed by atoms with Gasteiger partial charge >= 0.3 is 0 Å². The summed E-state index contributed by atoms with van der Waals surface area (Å²) in [6.45, 7) is 2.21. The summed E-state index contributed by atoms with van der Waals surface area (Å²) < 4.78 is 0.953. The third-order valence-electron chi connectivity index (χ3n) is 2.28. The van der Waals surface area contributed by atoms with E-state index in [0.717, 1.165) is 24.1 Å². The second kappa shape index (κ2) is 3.11. The topological polar surface area (TPSA) is 33.6 Å². The van der Waals surface area contributed by atoms with Crippen molar-refractivity contribution in [1.82, 2.24) is 5.32 Å². The van der Waals surface area contributed by atoms with E-state index in [0.29, 0.717) is 12.0 Å². The van der Waals surface area contributed by atoms with Crippen LogP contribution in [-0.2, 0) is 4.84 Å². The van der Waals surface area contributed by atoms with Gasteiger partial charge in [-0.25, -0.2) is 0 Å². The third-order valence-corrected chi connectivity index (χ3v) is 2.75. The van der Waals surface area contributed by atoms with Crippen molar-refractivity contribution >= 4 is 20.6 Å². The van der Waals surface area contributed by atoms with Gasteiger partial charge in [-0.05, 0) is 28.9 Å². The van der Waals surface area contributed by atoms with E-state index in [2.05, 4.69) is 26.4 Å². The number of hydrogen-bond acceptors (Lipinski definition) is 3. The van der Waals surface area contributed by atoms with E-state index in [1.165, 1.54) is 6.42 Å². The van der Waals surface area contributed by atoms with Gasteiger partial charge in [0, 0.05) is 18.9 Å². The van der Waals surface area contributed by atoms with Gasteiger partial charge in [0.1, 0.15) is 10.7 Å². The van der Waals surface area contributed by atoms with Crippen molar-refractivity contribution in [2.45, 2.75) is 18.9 Å². The van der Waals surface area contributed by atoms with E-state index in [4.69, 9.17) is 4.84 Å². The van der Waals surface area contributed by atoms with Crippen LogP contribution in [0.25, 0.3) is 0 Å². The molecule has 0 aliphatic carbocycles. The van der Waals surface area contributed by atoms with Gasteiger partial charge in [0.2, 0.25) is 0 Å². The molecule has 0 amide bonds. The second-order valence-corrected chi connectivity index (χ2v) is 3.98. The SMILES string of the molecule is BrC1=NOC([C@@H]2CCNC2)C1. The Kier molecular flexibility index (Phi) is 2.13. The molecule has 2 aliphatic rings. The monoisotopic (exact) mass is 218 g/mol. The van der Waals surface area contributed by atoms with Gasteiger partial charge in [-0.3, -0.25) is 0 Å². The van der Waals surface area contributed by atoms with Crippen LogP contribution in [0.5, 0.6) is 0 Å². The first-order chi connectivity index (χ1) is 5.36. The van der Waals surface area contributed by atoms with Gasteiger partial charge in [0.05, 0.1) is 0 Å². The minimum atomic E-state index is 0.319. The zero-order chi connectivity index (χ0) is 7.68. The van der Waals surface area contributed by atoms with Crippen molar-refractivity contribution in [2.75, 3.05) is 13.1 Å². The lowest BCUT2D eigenvalue weighted by atomic mass is 10.00. The highest BCUT2D eigenvalue weighted by Gasteiger charge is 2.30. The highest BCUT2D eigenvalue weighted by molar-refractivity contribution is 9.18. The molecule has 0 spiro atoms. The van der Waals surface area contributed by atoms with Crippen LogP contribution in [0.2, 0.25) is 0 Å². The van der Waals surface area contributed by atoms with Gasteiger partial charge in [0.25, 0.3) is 0 Å². The summed E-state index contributed by atoms with van der Waals surface area (Å²) in [4.78, 5) is 5.25. The van der Waals surface area contributed by atoms with Crippen LogP contribution in [0, 0.1) is 5.92 Å². The molecule has 11 heavy (non-hydrogen) atoms. The zero-order valence-electron chi connectivity index (χ0n) is 6.22. The summed E-state index contributed by atoms with van der Waals surface area (Å²) in [5.74, 6) is 0.661. The third kappa shape index (κ3) is 1.56. The molecule has 2 heterocycles. The molecule has 0 aromatic heterocycles. The highest BCUT2D eigenvalue weighted by Crippen LogP contribution is 2.24. The Morgan fingerprint density at radius 3 is 3.09 bits per heavy atom. The summed E-state index contributed by atoms with van der Waals surface area (Å²) in [5, 5.41) is 7.19. The molecule has 62 valence electrons. The molecule has 0 saturated carbocycles. The van der Waals surface area contributed by atoms with Crippen LogP contribution in [0.15, 0.2) is 5.16 Å². The fraction of sp³-hybridized carbons (Fsp3) is 0.857. The highest BCUT2D eigenvalue weighted by atomic mass is 79.9. The first kappa shape index (κ1) is 7.55. The lowest BCUT2D eigenvalue weighted by Crippen LogP contribution is -2.22. The van der Waals surface area contributed by atoms with E-state index in [9.17, 15) is 0 Å². The minimum Gasteiger partial charge on any atom is -0.391 e. The Hall–Kier alpha value is -0.0900. The van der Waals surface area contributed by atoms with Crippen LogP contribution >= 0.6 is 15.9 Å². The van der Waals surface area contributed by atoms with Gasteiger partial charge in [-0.15, -0.1) is 0 Å². The smallest absolute Gasteiger partial charge is 0.137 e. The van der Waals surface area contributed by atoms with Crippen LogP contribution in [0.3, 0.4) is 0 Å². The fourth-order valence-corrected chi connectivity index (χ4v) is 2.02. The summed E-state index contributed by atoms with van der Waals surface area (Å²) in [7, 11) is 0. The molecule has 2 atom stereocenters. The molecule has 1 N–H and O–H groups in total. The summed E-state index contributed by atoms with van der Waals surface area (Å²) >= 11 is 3.33. The van der Waals surface area contributed by atoms with Crippen molar-refractivity contribution in [2.24, 2.45) is 11.1 Å². The zero-order valence-corrected chi connectivity index (χ0v) is 7.80. The van der Waals surface area contributed by atoms with Gasteiger partial charge in [0.15, 0.2) is 0 Å². The molecule has 0 radical (unpaired) electrons. The number of hydrogen-bond donors (Lipinski definition) is 1. The lowest BCUT2D eigenvalue weighted by molar-refractivity contribution is 0.0467. The normalized spacial score (nSPS) is 37.0. The molecular weight excluding hydrogens is 208 g/mol.